The van der Waals surface area contributed by atoms with E-state index in [4.69, 9.17) is 4.98 Å². The number of hydrogen-bond donors (Lipinski definition) is 0. The lowest BCUT2D eigenvalue weighted by atomic mass is 10.2. The minimum absolute atomic E-state index is 0.818. The third-order valence-electron chi connectivity index (χ3n) is 3.31. The van der Waals surface area contributed by atoms with Gasteiger partial charge in [-0.1, -0.05) is 25.1 Å². The Hall–Kier alpha value is -1.81. The van der Waals surface area contributed by atoms with Gasteiger partial charge in [0.05, 0.1) is 5.52 Å². The highest BCUT2D eigenvalue weighted by atomic mass is 32.2. The number of nitrogens with zero attached hydrogens (tertiary/aromatic N) is 3. The summed E-state index contributed by atoms with van der Waals surface area (Å²) in [6.07, 6.45) is 0. The molecule has 102 valence electrons. The van der Waals surface area contributed by atoms with Gasteiger partial charge in [-0.3, -0.25) is 0 Å². The molecule has 20 heavy (non-hydrogen) atoms. The maximum absolute atomic E-state index is 4.72. The predicted molar refractivity (Wildman–Crippen MR) is 85.1 cm³/mol. The Morgan fingerprint density at radius 1 is 1.10 bits per heavy atom. The Morgan fingerprint density at radius 2 is 1.90 bits per heavy atom. The average molecular weight is 283 g/mol. The molecule has 0 aliphatic rings. The second-order valence-electron chi connectivity index (χ2n) is 4.72. The van der Waals surface area contributed by atoms with Crippen LogP contribution in [-0.2, 0) is 7.05 Å². The third-order valence-corrected chi connectivity index (χ3v) is 4.27. The van der Waals surface area contributed by atoms with E-state index in [0.717, 1.165) is 28.4 Å². The van der Waals surface area contributed by atoms with Crippen molar-refractivity contribution in [3.05, 3.63) is 42.1 Å². The van der Waals surface area contributed by atoms with Crippen molar-refractivity contribution in [3.63, 3.8) is 0 Å². The highest BCUT2D eigenvalue weighted by molar-refractivity contribution is 7.99. The van der Waals surface area contributed by atoms with Crippen molar-refractivity contribution in [1.82, 2.24) is 14.5 Å². The molecule has 0 atom stereocenters. The minimum atomic E-state index is 0.818. The van der Waals surface area contributed by atoms with Crippen LogP contribution in [0.5, 0.6) is 0 Å². The monoisotopic (exact) mass is 283 g/mol. The maximum atomic E-state index is 4.72. The Morgan fingerprint density at radius 3 is 2.70 bits per heavy atom. The molecule has 0 fully saturated rings. The fourth-order valence-corrected chi connectivity index (χ4v) is 3.14. The SMILES string of the molecule is CCSc1ccccc1-c1nc2nc(C)ccc2n1C. The molecule has 0 bridgehead atoms. The van der Waals surface area contributed by atoms with Gasteiger partial charge in [0.1, 0.15) is 5.82 Å². The Balaban J connectivity index is 2.22. The van der Waals surface area contributed by atoms with Crippen LogP contribution in [0.25, 0.3) is 22.6 Å². The number of fused-ring (bicyclic) bond motifs is 1. The molecule has 0 saturated heterocycles. The smallest absolute Gasteiger partial charge is 0.178 e. The van der Waals surface area contributed by atoms with E-state index < -0.39 is 0 Å². The summed E-state index contributed by atoms with van der Waals surface area (Å²) in [4.78, 5) is 10.5. The second-order valence-corrected chi connectivity index (χ2v) is 6.02. The number of aryl methyl sites for hydroxylation is 2. The molecule has 2 aromatic heterocycles. The van der Waals surface area contributed by atoms with E-state index in [0.29, 0.717) is 0 Å². The van der Waals surface area contributed by atoms with Crippen molar-refractivity contribution < 1.29 is 0 Å². The summed E-state index contributed by atoms with van der Waals surface area (Å²) < 4.78 is 2.12. The standard InChI is InChI=1S/C16H17N3S/c1-4-20-14-8-6-5-7-12(14)16-18-15-13(19(16)3)10-9-11(2)17-15/h5-10H,4H2,1-3H3. The molecule has 0 saturated carbocycles. The summed E-state index contributed by atoms with van der Waals surface area (Å²) in [5.41, 5.74) is 4.07. The van der Waals surface area contributed by atoms with Crippen LogP contribution >= 0.6 is 11.8 Å². The van der Waals surface area contributed by atoms with Crippen LogP contribution in [0.4, 0.5) is 0 Å². The molecular weight excluding hydrogens is 266 g/mol. The molecule has 1 aromatic carbocycles. The largest absolute Gasteiger partial charge is 0.326 e. The van der Waals surface area contributed by atoms with Crippen LogP contribution in [0.1, 0.15) is 12.6 Å². The molecule has 0 aliphatic heterocycles. The molecule has 3 aromatic rings. The topological polar surface area (TPSA) is 30.7 Å². The summed E-state index contributed by atoms with van der Waals surface area (Å²) in [6, 6.07) is 12.5. The molecule has 0 radical (unpaired) electrons. The van der Waals surface area contributed by atoms with E-state index in [1.165, 1.54) is 10.5 Å². The molecule has 0 spiro atoms. The van der Waals surface area contributed by atoms with Crippen LogP contribution in [0.15, 0.2) is 41.3 Å². The van der Waals surface area contributed by atoms with Gasteiger partial charge >= 0.3 is 0 Å². The van der Waals surface area contributed by atoms with Crippen LogP contribution in [0, 0.1) is 6.92 Å². The highest BCUT2D eigenvalue weighted by Gasteiger charge is 2.13. The lowest BCUT2D eigenvalue weighted by Gasteiger charge is -2.07. The fourth-order valence-electron chi connectivity index (χ4n) is 2.34. The first-order valence-electron chi connectivity index (χ1n) is 6.73. The van der Waals surface area contributed by atoms with Gasteiger partial charge in [-0.25, -0.2) is 9.97 Å². The van der Waals surface area contributed by atoms with E-state index in [-0.39, 0.29) is 0 Å². The summed E-state index contributed by atoms with van der Waals surface area (Å²) in [5, 5.41) is 0. The molecule has 3 nitrogen and oxygen atoms in total. The highest BCUT2D eigenvalue weighted by Crippen LogP contribution is 2.31. The minimum Gasteiger partial charge on any atom is -0.326 e. The van der Waals surface area contributed by atoms with Crippen molar-refractivity contribution in [2.24, 2.45) is 7.05 Å². The van der Waals surface area contributed by atoms with Gasteiger partial charge in [0.2, 0.25) is 0 Å². The molecule has 0 aliphatic carbocycles. The number of hydrogen-bond acceptors (Lipinski definition) is 3. The summed E-state index contributed by atoms with van der Waals surface area (Å²) >= 11 is 1.84. The molecule has 4 heteroatoms. The number of thioether (sulfide) groups is 1. The normalized spacial score (nSPS) is 11.2. The Bertz CT molecular complexity index is 762. The van der Waals surface area contributed by atoms with Gasteiger partial charge in [-0.05, 0) is 30.9 Å². The van der Waals surface area contributed by atoms with Crippen LogP contribution in [0.2, 0.25) is 0 Å². The van der Waals surface area contributed by atoms with Crippen molar-refractivity contribution in [3.8, 4) is 11.4 Å². The van der Waals surface area contributed by atoms with E-state index in [9.17, 15) is 0 Å². The number of imidazole rings is 1. The molecule has 2 heterocycles. The summed E-state index contributed by atoms with van der Waals surface area (Å²) in [7, 11) is 2.05. The van der Waals surface area contributed by atoms with Crippen molar-refractivity contribution >= 4 is 22.9 Å². The Kier molecular flexibility index (Phi) is 3.49. The summed E-state index contributed by atoms with van der Waals surface area (Å²) in [6.45, 7) is 4.16. The van der Waals surface area contributed by atoms with Crippen LogP contribution in [0.3, 0.4) is 0 Å². The zero-order valence-corrected chi connectivity index (χ0v) is 12.7. The van der Waals surface area contributed by atoms with Gasteiger partial charge in [-0.15, -0.1) is 11.8 Å². The lowest BCUT2D eigenvalue weighted by Crippen LogP contribution is -1.94. The first-order chi connectivity index (χ1) is 9.70. The van der Waals surface area contributed by atoms with Crippen molar-refractivity contribution in [2.45, 2.75) is 18.7 Å². The first-order valence-corrected chi connectivity index (χ1v) is 7.71. The zero-order chi connectivity index (χ0) is 14.1. The van der Waals surface area contributed by atoms with Crippen LogP contribution in [-0.4, -0.2) is 20.3 Å². The number of pyridine rings is 1. The first kappa shape index (κ1) is 13.2. The van der Waals surface area contributed by atoms with Crippen LogP contribution < -0.4 is 0 Å². The number of aromatic nitrogens is 3. The predicted octanol–water partition coefficient (Wildman–Crippen LogP) is 4.06. The average Bonchev–Trinajstić information content (AvgIpc) is 2.76. The fraction of sp³-hybridized carbons (Fsp3) is 0.250. The third kappa shape index (κ3) is 2.20. The van der Waals surface area contributed by atoms with E-state index in [1.54, 1.807) is 0 Å². The maximum Gasteiger partial charge on any atom is 0.178 e. The molecular formula is C16H17N3S. The molecule has 3 rings (SSSR count). The van der Waals surface area contributed by atoms with E-state index in [1.807, 2.05) is 24.8 Å². The van der Waals surface area contributed by atoms with Crippen molar-refractivity contribution in [1.29, 1.82) is 0 Å². The lowest BCUT2D eigenvalue weighted by molar-refractivity contribution is 0.954. The summed E-state index contributed by atoms with van der Waals surface area (Å²) in [5.74, 6) is 2.04. The van der Waals surface area contributed by atoms with Gasteiger partial charge in [0.25, 0.3) is 0 Å². The Labute approximate surface area is 123 Å². The van der Waals surface area contributed by atoms with Crippen molar-refractivity contribution in [2.75, 3.05) is 5.75 Å². The van der Waals surface area contributed by atoms with Gasteiger partial charge in [-0.2, -0.15) is 0 Å². The molecule has 0 unspecified atom stereocenters. The zero-order valence-electron chi connectivity index (χ0n) is 11.9. The molecule has 0 N–H and O–H groups in total. The molecule has 0 amide bonds. The second kappa shape index (κ2) is 5.29. The number of rotatable bonds is 3. The van der Waals surface area contributed by atoms with Gasteiger partial charge in [0, 0.05) is 23.2 Å². The van der Waals surface area contributed by atoms with Gasteiger partial charge < -0.3 is 4.57 Å². The number of benzene rings is 1. The van der Waals surface area contributed by atoms with E-state index in [2.05, 4.69) is 53.9 Å². The van der Waals surface area contributed by atoms with E-state index >= 15 is 0 Å². The van der Waals surface area contributed by atoms with Gasteiger partial charge in [0.15, 0.2) is 5.65 Å². The quantitative estimate of drug-likeness (QED) is 0.679.